The Morgan fingerprint density at radius 3 is 2.18 bits per heavy atom. The van der Waals surface area contributed by atoms with Crippen molar-refractivity contribution in [3.8, 4) is 0 Å². The van der Waals surface area contributed by atoms with E-state index >= 15 is 0 Å². The first kappa shape index (κ1) is 19.6. The molecular formula is C12H21F3O6S. The van der Waals surface area contributed by atoms with E-state index in [1.807, 2.05) is 6.92 Å². The van der Waals surface area contributed by atoms with Crippen molar-refractivity contribution in [3.05, 3.63) is 0 Å². The largest absolute Gasteiger partial charge is 0.523 e. The minimum atomic E-state index is -5.65. The molecule has 132 valence electrons. The summed E-state index contributed by atoms with van der Waals surface area (Å²) in [5, 5.41) is 0. The highest BCUT2D eigenvalue weighted by atomic mass is 32.2. The molecule has 10 heteroatoms. The first-order chi connectivity index (χ1) is 9.98. The normalized spacial score (nSPS) is 25.5. The average molecular weight is 350 g/mol. The molecule has 2 unspecified atom stereocenters. The third-order valence-electron chi connectivity index (χ3n) is 2.88. The van der Waals surface area contributed by atoms with Gasteiger partial charge in [0.05, 0.1) is 13.2 Å². The van der Waals surface area contributed by atoms with Crippen molar-refractivity contribution in [1.82, 2.24) is 0 Å². The molecule has 22 heavy (non-hydrogen) atoms. The molecule has 0 aromatic rings. The smallest absolute Gasteiger partial charge is 0.379 e. The third kappa shape index (κ3) is 5.65. The van der Waals surface area contributed by atoms with Crippen LogP contribution in [-0.4, -0.2) is 51.7 Å². The van der Waals surface area contributed by atoms with Crippen LogP contribution in [0.3, 0.4) is 0 Å². The fraction of sp³-hybridized carbons (Fsp3) is 1.00. The molecule has 0 N–H and O–H groups in total. The summed E-state index contributed by atoms with van der Waals surface area (Å²) in [4.78, 5) is 0. The Morgan fingerprint density at radius 2 is 1.68 bits per heavy atom. The van der Waals surface area contributed by atoms with Gasteiger partial charge in [0.1, 0.15) is 12.2 Å². The van der Waals surface area contributed by atoms with Crippen molar-refractivity contribution in [3.63, 3.8) is 0 Å². The summed E-state index contributed by atoms with van der Waals surface area (Å²) in [5.41, 5.74) is -5.46. The number of hydrogen-bond acceptors (Lipinski definition) is 6. The SMILES string of the molecule is CCCCOCC1OC(C)(C)OC1COS(=O)(=O)C(F)(F)F. The van der Waals surface area contributed by atoms with Gasteiger partial charge in [0.2, 0.25) is 0 Å². The van der Waals surface area contributed by atoms with Crippen molar-refractivity contribution in [2.75, 3.05) is 19.8 Å². The minimum absolute atomic E-state index is 0.0868. The Labute approximate surface area is 128 Å². The highest BCUT2D eigenvalue weighted by Gasteiger charge is 2.49. The summed E-state index contributed by atoms with van der Waals surface area (Å²) >= 11 is 0. The van der Waals surface area contributed by atoms with Gasteiger partial charge < -0.3 is 14.2 Å². The van der Waals surface area contributed by atoms with Gasteiger partial charge in [-0.2, -0.15) is 21.6 Å². The van der Waals surface area contributed by atoms with Gasteiger partial charge in [0, 0.05) is 6.61 Å². The topological polar surface area (TPSA) is 71.1 Å². The summed E-state index contributed by atoms with van der Waals surface area (Å²) < 4.78 is 78.7. The van der Waals surface area contributed by atoms with Crippen molar-refractivity contribution in [2.24, 2.45) is 0 Å². The first-order valence-electron chi connectivity index (χ1n) is 6.87. The molecule has 1 rings (SSSR count). The van der Waals surface area contributed by atoms with E-state index in [9.17, 15) is 21.6 Å². The Bertz CT molecular complexity index is 448. The highest BCUT2D eigenvalue weighted by Crippen LogP contribution is 2.30. The molecule has 0 spiro atoms. The molecule has 2 atom stereocenters. The Hall–Kier alpha value is -0.420. The van der Waals surface area contributed by atoms with Crippen molar-refractivity contribution < 1.29 is 40.0 Å². The van der Waals surface area contributed by atoms with Crippen LogP contribution in [0.4, 0.5) is 13.2 Å². The van der Waals surface area contributed by atoms with Crippen LogP contribution in [0, 0.1) is 0 Å². The first-order valence-corrected chi connectivity index (χ1v) is 8.28. The van der Waals surface area contributed by atoms with Crippen LogP contribution >= 0.6 is 0 Å². The molecule has 0 aromatic heterocycles. The maximum Gasteiger partial charge on any atom is 0.523 e. The van der Waals surface area contributed by atoms with Crippen LogP contribution in [0.2, 0.25) is 0 Å². The van der Waals surface area contributed by atoms with Crippen LogP contribution < -0.4 is 0 Å². The fourth-order valence-electron chi connectivity index (χ4n) is 1.86. The van der Waals surface area contributed by atoms with Crippen molar-refractivity contribution in [2.45, 2.75) is 57.1 Å². The van der Waals surface area contributed by atoms with E-state index in [0.29, 0.717) is 6.61 Å². The van der Waals surface area contributed by atoms with Gasteiger partial charge in [-0.3, -0.25) is 4.18 Å². The van der Waals surface area contributed by atoms with Gasteiger partial charge >= 0.3 is 15.6 Å². The molecule has 6 nitrogen and oxygen atoms in total. The van der Waals surface area contributed by atoms with E-state index < -0.39 is 40.2 Å². The maximum atomic E-state index is 12.2. The molecule has 0 aromatic carbocycles. The zero-order chi connectivity index (χ0) is 17.0. The summed E-state index contributed by atoms with van der Waals surface area (Å²) in [7, 11) is -5.65. The summed E-state index contributed by atoms with van der Waals surface area (Å²) in [6.45, 7) is 4.91. The molecule has 0 bridgehead atoms. The number of ether oxygens (including phenoxy) is 3. The quantitative estimate of drug-likeness (QED) is 0.380. The average Bonchev–Trinajstić information content (AvgIpc) is 2.66. The molecule has 1 saturated heterocycles. The van der Waals surface area contributed by atoms with Gasteiger partial charge in [0.25, 0.3) is 0 Å². The van der Waals surface area contributed by atoms with E-state index in [1.54, 1.807) is 13.8 Å². The van der Waals surface area contributed by atoms with Crippen molar-refractivity contribution in [1.29, 1.82) is 0 Å². The second-order valence-corrected chi connectivity index (χ2v) is 6.93. The summed E-state index contributed by atoms with van der Waals surface area (Å²) in [6.07, 6.45) is 0.105. The monoisotopic (exact) mass is 350 g/mol. The van der Waals surface area contributed by atoms with E-state index in [4.69, 9.17) is 14.2 Å². The molecule has 1 aliphatic rings. The summed E-state index contributed by atoms with van der Waals surface area (Å²) in [6, 6.07) is 0. The molecule has 0 amide bonds. The number of hydrogen-bond donors (Lipinski definition) is 0. The maximum absolute atomic E-state index is 12.2. The van der Waals surface area contributed by atoms with Gasteiger partial charge in [0.15, 0.2) is 5.79 Å². The van der Waals surface area contributed by atoms with E-state index in [-0.39, 0.29) is 6.61 Å². The number of alkyl halides is 3. The molecule has 0 radical (unpaired) electrons. The lowest BCUT2D eigenvalue weighted by Crippen LogP contribution is -2.35. The molecule has 0 saturated carbocycles. The van der Waals surface area contributed by atoms with Gasteiger partial charge in [-0.15, -0.1) is 0 Å². The zero-order valence-corrected chi connectivity index (χ0v) is 13.5. The van der Waals surface area contributed by atoms with Gasteiger partial charge in [-0.05, 0) is 20.3 Å². The molecule has 1 heterocycles. The Kier molecular flexibility index (Phi) is 6.63. The van der Waals surface area contributed by atoms with Crippen LogP contribution in [0.25, 0.3) is 0 Å². The minimum Gasteiger partial charge on any atom is -0.379 e. The van der Waals surface area contributed by atoms with E-state index in [2.05, 4.69) is 4.18 Å². The predicted molar refractivity (Wildman–Crippen MR) is 70.5 cm³/mol. The van der Waals surface area contributed by atoms with E-state index in [0.717, 1.165) is 12.8 Å². The lowest BCUT2D eigenvalue weighted by atomic mass is 10.2. The molecular weight excluding hydrogens is 329 g/mol. The second-order valence-electron chi connectivity index (χ2n) is 5.33. The summed E-state index contributed by atoms with van der Waals surface area (Å²) in [5.74, 6) is -1.05. The third-order valence-corrected chi connectivity index (χ3v) is 3.89. The standard InChI is InChI=1S/C12H21F3O6S/c1-4-5-6-18-7-9-10(21-11(2,3)20-9)8-19-22(16,17)12(13,14)15/h9-10H,4-8H2,1-3H3. The Morgan fingerprint density at radius 1 is 1.14 bits per heavy atom. The van der Waals surface area contributed by atoms with Gasteiger partial charge in [-0.1, -0.05) is 13.3 Å². The highest BCUT2D eigenvalue weighted by molar-refractivity contribution is 7.87. The van der Waals surface area contributed by atoms with Crippen LogP contribution in [0.15, 0.2) is 0 Å². The fourth-order valence-corrected chi connectivity index (χ4v) is 2.31. The Balaban J connectivity index is 2.58. The molecule has 1 aliphatic heterocycles. The number of unbranched alkanes of at least 4 members (excludes halogenated alkanes) is 1. The van der Waals surface area contributed by atoms with E-state index in [1.165, 1.54) is 0 Å². The number of halogens is 3. The number of rotatable bonds is 8. The lowest BCUT2D eigenvalue weighted by molar-refractivity contribution is -0.152. The van der Waals surface area contributed by atoms with Crippen LogP contribution in [-0.2, 0) is 28.5 Å². The molecule has 1 fully saturated rings. The zero-order valence-electron chi connectivity index (χ0n) is 12.7. The lowest BCUT2D eigenvalue weighted by Gasteiger charge is -2.17. The molecule has 0 aliphatic carbocycles. The predicted octanol–water partition coefficient (Wildman–Crippen LogP) is 2.19. The van der Waals surface area contributed by atoms with Crippen molar-refractivity contribution >= 4 is 10.1 Å². The van der Waals surface area contributed by atoms with Gasteiger partial charge in [-0.25, -0.2) is 0 Å². The van der Waals surface area contributed by atoms with Crippen LogP contribution in [0.5, 0.6) is 0 Å². The second kappa shape index (κ2) is 7.43. The van der Waals surface area contributed by atoms with Crippen LogP contribution in [0.1, 0.15) is 33.6 Å².